The van der Waals surface area contributed by atoms with E-state index in [0.29, 0.717) is 6.42 Å². The van der Waals surface area contributed by atoms with E-state index in [1.54, 1.807) is 0 Å². The van der Waals surface area contributed by atoms with E-state index in [4.69, 9.17) is 13.9 Å². The van der Waals surface area contributed by atoms with Crippen LogP contribution < -0.4 is 0 Å². The summed E-state index contributed by atoms with van der Waals surface area (Å²) in [5, 5.41) is -0.0828. The lowest BCUT2D eigenvalue weighted by Gasteiger charge is -2.52. The molecule has 0 saturated carbocycles. The number of rotatable bonds is 5. The van der Waals surface area contributed by atoms with Crippen molar-refractivity contribution in [1.29, 1.82) is 0 Å². The molecule has 3 atom stereocenters. The maximum Gasteiger partial charge on any atom is 0.416 e. The molecule has 0 unspecified atom stereocenters. The zero-order chi connectivity index (χ0) is 25.3. The highest BCUT2D eigenvalue weighted by Gasteiger charge is 2.63. The Morgan fingerprint density at radius 2 is 1.82 bits per heavy atom. The summed E-state index contributed by atoms with van der Waals surface area (Å²) in [6.45, 7) is 12.8. The van der Waals surface area contributed by atoms with Crippen LogP contribution in [-0.2, 0) is 30.1 Å². The van der Waals surface area contributed by atoms with Crippen molar-refractivity contribution in [3.8, 4) is 0 Å². The summed E-state index contributed by atoms with van der Waals surface area (Å²) in [5.74, 6) is -1.61. The van der Waals surface area contributed by atoms with Gasteiger partial charge in [0.05, 0.1) is 19.8 Å². The van der Waals surface area contributed by atoms with E-state index < -0.39 is 43.7 Å². The van der Waals surface area contributed by atoms with Crippen LogP contribution in [0.1, 0.15) is 46.1 Å². The Morgan fingerprint density at radius 3 is 2.41 bits per heavy atom. The Bertz CT molecular complexity index is 967. The standard InChI is InChI=1S/C26H37NO6Si/c1-18-13-14-26(23(29)32-17-19-11-9-8-10-12-19)20(15-18)21(33-34(6,7)25(2,3)4)16-27(22(26)28)24(30)31-5/h8-13,20-21H,14-17H2,1-7H3/t20-,21+,26-/m0/s1. The van der Waals surface area contributed by atoms with Gasteiger partial charge in [-0.05, 0) is 43.5 Å². The summed E-state index contributed by atoms with van der Waals surface area (Å²) in [7, 11) is -1.05. The van der Waals surface area contributed by atoms with Crippen LogP contribution in [-0.4, -0.2) is 50.9 Å². The van der Waals surface area contributed by atoms with Crippen LogP contribution in [0, 0.1) is 11.3 Å². The largest absolute Gasteiger partial charge is 0.460 e. The number of imide groups is 1. The van der Waals surface area contributed by atoms with Crippen LogP contribution >= 0.6 is 0 Å². The molecular weight excluding hydrogens is 450 g/mol. The summed E-state index contributed by atoms with van der Waals surface area (Å²) in [6.07, 6.45) is 1.32. The first-order valence-corrected chi connectivity index (χ1v) is 14.7. The summed E-state index contributed by atoms with van der Waals surface area (Å²) < 4.78 is 17.4. The molecule has 1 aliphatic heterocycles. The molecule has 8 heteroatoms. The van der Waals surface area contributed by atoms with Crippen LogP contribution in [0.15, 0.2) is 42.0 Å². The molecule has 1 aliphatic carbocycles. The molecule has 0 spiro atoms. The first-order valence-electron chi connectivity index (χ1n) is 11.8. The number of hydrogen-bond acceptors (Lipinski definition) is 6. The number of fused-ring (bicyclic) bond motifs is 1. The number of esters is 1. The second kappa shape index (κ2) is 9.66. The molecule has 1 saturated heterocycles. The van der Waals surface area contributed by atoms with Gasteiger partial charge in [-0.3, -0.25) is 9.59 Å². The predicted octanol–water partition coefficient (Wildman–Crippen LogP) is 5.07. The van der Waals surface area contributed by atoms with Gasteiger partial charge in [0.1, 0.15) is 6.61 Å². The number of ether oxygens (including phenoxy) is 2. The van der Waals surface area contributed by atoms with Gasteiger partial charge >= 0.3 is 12.1 Å². The van der Waals surface area contributed by atoms with E-state index in [-0.39, 0.29) is 24.6 Å². The SMILES string of the molecule is COC(=O)N1C[C@@H](O[Si](C)(C)C(C)(C)C)[C@@H]2CC(C)=CC[C@@]2(C(=O)OCc2ccccc2)C1=O. The first kappa shape index (κ1) is 26.2. The molecule has 0 bridgehead atoms. The van der Waals surface area contributed by atoms with Gasteiger partial charge < -0.3 is 13.9 Å². The normalized spacial score (nSPS) is 25.3. The molecule has 0 N–H and O–H groups in total. The molecular formula is C26H37NO6Si. The van der Waals surface area contributed by atoms with E-state index in [1.807, 2.05) is 43.3 Å². The number of benzene rings is 1. The van der Waals surface area contributed by atoms with Crippen molar-refractivity contribution in [2.75, 3.05) is 13.7 Å². The summed E-state index contributed by atoms with van der Waals surface area (Å²) >= 11 is 0. The maximum absolute atomic E-state index is 13.8. The zero-order valence-corrected chi connectivity index (χ0v) is 22.3. The highest BCUT2D eigenvalue weighted by molar-refractivity contribution is 6.74. The van der Waals surface area contributed by atoms with Gasteiger partial charge in [-0.1, -0.05) is 62.8 Å². The molecule has 186 valence electrons. The third-order valence-electron chi connectivity index (χ3n) is 7.61. The van der Waals surface area contributed by atoms with Crippen molar-refractivity contribution in [1.82, 2.24) is 4.90 Å². The van der Waals surface area contributed by atoms with Gasteiger partial charge in [0.25, 0.3) is 0 Å². The molecule has 2 aliphatic rings. The fourth-order valence-corrected chi connectivity index (χ4v) is 5.88. The number of nitrogens with zero attached hydrogens (tertiary/aromatic N) is 1. The minimum absolute atomic E-state index is 0.0517. The number of methoxy groups -OCH3 is 1. The van der Waals surface area contributed by atoms with Crippen molar-refractivity contribution in [3.05, 3.63) is 47.5 Å². The van der Waals surface area contributed by atoms with Crippen molar-refractivity contribution < 1.29 is 28.3 Å². The van der Waals surface area contributed by atoms with Gasteiger partial charge in [-0.25, -0.2) is 9.69 Å². The number of carbonyl (C=O) groups excluding carboxylic acids is 3. The zero-order valence-electron chi connectivity index (χ0n) is 21.3. The maximum atomic E-state index is 13.8. The van der Waals surface area contributed by atoms with Gasteiger partial charge in [0.2, 0.25) is 5.91 Å². The van der Waals surface area contributed by atoms with Crippen LogP contribution in [0.5, 0.6) is 0 Å². The molecule has 2 amide bonds. The van der Waals surface area contributed by atoms with Gasteiger partial charge in [-0.15, -0.1) is 0 Å². The number of allylic oxidation sites excluding steroid dienone is 2. The number of hydrogen-bond donors (Lipinski definition) is 0. The smallest absolute Gasteiger partial charge is 0.416 e. The monoisotopic (exact) mass is 487 g/mol. The summed E-state index contributed by atoms with van der Waals surface area (Å²) in [6, 6.07) is 9.34. The van der Waals surface area contributed by atoms with Crippen molar-refractivity contribution in [2.24, 2.45) is 11.3 Å². The minimum Gasteiger partial charge on any atom is -0.460 e. The van der Waals surface area contributed by atoms with E-state index in [2.05, 4.69) is 33.9 Å². The lowest BCUT2D eigenvalue weighted by Crippen LogP contribution is -2.66. The molecule has 1 aromatic rings. The average molecular weight is 488 g/mol. The molecule has 0 radical (unpaired) electrons. The number of amides is 2. The van der Waals surface area contributed by atoms with E-state index >= 15 is 0 Å². The number of carbonyl (C=O) groups is 3. The minimum atomic E-state index is -2.29. The molecule has 1 aromatic carbocycles. The Balaban J connectivity index is 2.03. The number of likely N-dealkylation sites (tertiary alicyclic amines) is 1. The van der Waals surface area contributed by atoms with E-state index in [1.165, 1.54) is 7.11 Å². The fraction of sp³-hybridized carbons (Fsp3) is 0.577. The average Bonchev–Trinajstić information content (AvgIpc) is 2.78. The Morgan fingerprint density at radius 1 is 1.18 bits per heavy atom. The Kier molecular flexibility index (Phi) is 7.43. The molecule has 3 rings (SSSR count). The van der Waals surface area contributed by atoms with E-state index in [9.17, 15) is 14.4 Å². The van der Waals surface area contributed by atoms with Gasteiger partial charge in [0, 0.05) is 5.92 Å². The van der Waals surface area contributed by atoms with Crippen molar-refractivity contribution in [2.45, 2.75) is 71.4 Å². The second-order valence-corrected chi connectivity index (χ2v) is 15.7. The Labute approximate surface area is 203 Å². The molecule has 0 aromatic heterocycles. The summed E-state index contributed by atoms with van der Waals surface area (Å²) in [5.41, 5.74) is 0.390. The molecule has 1 fully saturated rings. The lowest BCUT2D eigenvalue weighted by atomic mass is 9.62. The third kappa shape index (κ3) is 4.84. The van der Waals surface area contributed by atoms with Crippen LogP contribution in [0.2, 0.25) is 18.1 Å². The fourth-order valence-electron chi connectivity index (χ4n) is 4.53. The van der Waals surface area contributed by atoms with Gasteiger partial charge in [-0.2, -0.15) is 0 Å². The molecule has 34 heavy (non-hydrogen) atoms. The third-order valence-corrected chi connectivity index (χ3v) is 12.1. The number of piperidine rings is 1. The van der Waals surface area contributed by atoms with Crippen molar-refractivity contribution >= 4 is 26.3 Å². The molecule has 7 nitrogen and oxygen atoms in total. The lowest BCUT2D eigenvalue weighted by molar-refractivity contribution is -0.181. The van der Waals surface area contributed by atoms with Crippen LogP contribution in [0.3, 0.4) is 0 Å². The summed E-state index contributed by atoms with van der Waals surface area (Å²) in [4.78, 5) is 41.2. The second-order valence-electron chi connectivity index (χ2n) is 10.9. The first-order chi connectivity index (χ1) is 15.8. The Hall–Kier alpha value is -2.45. The highest BCUT2D eigenvalue weighted by atomic mass is 28.4. The van der Waals surface area contributed by atoms with E-state index in [0.717, 1.165) is 16.0 Å². The topological polar surface area (TPSA) is 82.1 Å². The highest BCUT2D eigenvalue weighted by Crippen LogP contribution is 2.50. The van der Waals surface area contributed by atoms with Crippen LogP contribution in [0.4, 0.5) is 4.79 Å². The molecule has 1 heterocycles. The quantitative estimate of drug-likeness (QED) is 0.250. The van der Waals surface area contributed by atoms with Crippen LogP contribution in [0.25, 0.3) is 0 Å². The van der Waals surface area contributed by atoms with Gasteiger partial charge in [0.15, 0.2) is 13.7 Å². The van der Waals surface area contributed by atoms with Crippen molar-refractivity contribution in [3.63, 3.8) is 0 Å². The predicted molar refractivity (Wildman–Crippen MR) is 131 cm³/mol.